The summed E-state index contributed by atoms with van der Waals surface area (Å²) in [7, 11) is 0. The van der Waals surface area contributed by atoms with Crippen LogP contribution in [0.2, 0.25) is 0 Å². The van der Waals surface area contributed by atoms with Gasteiger partial charge in [-0.3, -0.25) is 4.79 Å². The molecule has 0 aliphatic heterocycles. The highest BCUT2D eigenvalue weighted by Crippen LogP contribution is 2.17. The lowest BCUT2D eigenvalue weighted by Gasteiger charge is -2.10. The number of benzene rings is 1. The Morgan fingerprint density at radius 3 is 2.95 bits per heavy atom. The fraction of sp³-hybridized carbons (Fsp3) is 0.231. The highest BCUT2D eigenvalue weighted by molar-refractivity contribution is 5.91. The molecule has 1 aromatic carbocycles. The topological polar surface area (TPSA) is 84.6 Å². The Morgan fingerprint density at radius 2 is 2.21 bits per heavy atom. The highest BCUT2D eigenvalue weighted by atomic mass is 16.5. The van der Waals surface area contributed by atoms with Crippen LogP contribution < -0.4 is 10.1 Å². The van der Waals surface area contributed by atoms with E-state index < -0.39 is 0 Å². The summed E-state index contributed by atoms with van der Waals surface area (Å²) in [4.78, 5) is 11.7. The Bertz CT molecular complexity index is 525. The third-order valence-corrected chi connectivity index (χ3v) is 2.43. The molecule has 1 heterocycles. The molecule has 1 aromatic heterocycles. The van der Waals surface area contributed by atoms with Gasteiger partial charge in [-0.15, -0.1) is 0 Å². The van der Waals surface area contributed by atoms with Crippen LogP contribution in [0, 0.1) is 0 Å². The number of para-hydroxylation sites is 1. The van der Waals surface area contributed by atoms with Crippen LogP contribution >= 0.6 is 0 Å². The lowest BCUT2D eigenvalue weighted by molar-refractivity contribution is 0.0941. The smallest absolute Gasteiger partial charge is 0.273 e. The Labute approximate surface area is 110 Å². The fourth-order valence-electron chi connectivity index (χ4n) is 1.54. The second-order valence-electron chi connectivity index (χ2n) is 3.75. The number of aromatic nitrogens is 1. The molecular weight excluding hydrogens is 248 g/mol. The summed E-state index contributed by atoms with van der Waals surface area (Å²) in [6.07, 6.45) is 1.34. The Morgan fingerprint density at radius 1 is 1.37 bits per heavy atom. The molecule has 2 N–H and O–H groups in total. The molecule has 0 radical (unpaired) electrons. The summed E-state index contributed by atoms with van der Waals surface area (Å²) < 4.78 is 9.98. The number of rotatable bonds is 6. The molecule has 0 aliphatic rings. The first-order chi connectivity index (χ1) is 9.31. The summed E-state index contributed by atoms with van der Waals surface area (Å²) in [6, 6.07) is 8.80. The lowest BCUT2D eigenvalue weighted by Crippen LogP contribution is -2.23. The van der Waals surface area contributed by atoms with Gasteiger partial charge < -0.3 is 19.7 Å². The van der Waals surface area contributed by atoms with Crippen molar-refractivity contribution < 1.29 is 19.2 Å². The number of aliphatic hydroxyl groups is 1. The normalized spacial score (nSPS) is 10.2. The maximum Gasteiger partial charge on any atom is 0.273 e. The molecule has 1 amide bonds. The predicted molar refractivity (Wildman–Crippen MR) is 66.7 cm³/mol. The van der Waals surface area contributed by atoms with Gasteiger partial charge in [0.25, 0.3) is 5.91 Å². The number of carbonyl (C=O) groups excluding carboxylic acids is 1. The quantitative estimate of drug-likeness (QED) is 0.810. The molecule has 2 aromatic rings. The molecule has 2 rings (SSSR count). The van der Waals surface area contributed by atoms with Gasteiger partial charge in [0.2, 0.25) is 0 Å². The van der Waals surface area contributed by atoms with Crippen molar-refractivity contribution in [2.75, 3.05) is 13.2 Å². The van der Waals surface area contributed by atoms with Crippen LogP contribution in [0.1, 0.15) is 16.1 Å². The van der Waals surface area contributed by atoms with Gasteiger partial charge in [-0.2, -0.15) is 0 Å². The first kappa shape index (κ1) is 13.1. The van der Waals surface area contributed by atoms with Crippen molar-refractivity contribution in [3.8, 4) is 5.75 Å². The van der Waals surface area contributed by atoms with E-state index in [1.807, 2.05) is 18.2 Å². The number of hydrogen-bond acceptors (Lipinski definition) is 5. The Hall–Kier alpha value is -2.34. The van der Waals surface area contributed by atoms with E-state index in [9.17, 15) is 4.79 Å². The zero-order valence-corrected chi connectivity index (χ0v) is 10.2. The van der Waals surface area contributed by atoms with Gasteiger partial charge in [0.15, 0.2) is 5.69 Å². The second kappa shape index (κ2) is 6.55. The van der Waals surface area contributed by atoms with Gasteiger partial charge in [0, 0.05) is 18.2 Å². The number of amides is 1. The zero-order valence-electron chi connectivity index (χ0n) is 10.2. The molecule has 0 saturated carbocycles. The van der Waals surface area contributed by atoms with Crippen molar-refractivity contribution in [2.24, 2.45) is 0 Å². The zero-order chi connectivity index (χ0) is 13.5. The van der Waals surface area contributed by atoms with Crippen molar-refractivity contribution >= 4 is 5.91 Å². The molecule has 6 nitrogen and oxygen atoms in total. The average Bonchev–Trinajstić information content (AvgIpc) is 2.97. The molecule has 19 heavy (non-hydrogen) atoms. The Kier molecular flexibility index (Phi) is 4.52. The van der Waals surface area contributed by atoms with Crippen molar-refractivity contribution in [3.63, 3.8) is 0 Å². The van der Waals surface area contributed by atoms with Crippen LogP contribution in [-0.2, 0) is 6.54 Å². The molecular formula is C13H14N2O4. The fourth-order valence-corrected chi connectivity index (χ4v) is 1.54. The third-order valence-electron chi connectivity index (χ3n) is 2.43. The van der Waals surface area contributed by atoms with E-state index in [2.05, 4.69) is 15.0 Å². The van der Waals surface area contributed by atoms with E-state index in [0.717, 1.165) is 5.56 Å². The highest BCUT2D eigenvalue weighted by Gasteiger charge is 2.09. The van der Waals surface area contributed by atoms with Gasteiger partial charge in [-0.05, 0) is 6.07 Å². The molecule has 0 spiro atoms. The summed E-state index contributed by atoms with van der Waals surface area (Å²) in [5, 5.41) is 15.0. The minimum absolute atomic E-state index is 0.0559. The van der Waals surface area contributed by atoms with E-state index in [0.29, 0.717) is 12.3 Å². The van der Waals surface area contributed by atoms with Crippen molar-refractivity contribution in [3.05, 3.63) is 47.9 Å². The van der Waals surface area contributed by atoms with Gasteiger partial charge in [0.05, 0.1) is 6.61 Å². The van der Waals surface area contributed by atoms with Crippen LogP contribution in [0.4, 0.5) is 0 Å². The van der Waals surface area contributed by atoms with E-state index >= 15 is 0 Å². The first-order valence-corrected chi connectivity index (χ1v) is 5.81. The number of hydrogen-bond donors (Lipinski definition) is 2. The van der Waals surface area contributed by atoms with E-state index in [1.54, 1.807) is 6.07 Å². The summed E-state index contributed by atoms with van der Waals surface area (Å²) in [5.41, 5.74) is 1.06. The SMILES string of the molecule is O=C(NCc1ccccc1OCCO)c1ccon1. The van der Waals surface area contributed by atoms with Crippen LogP contribution in [0.5, 0.6) is 5.75 Å². The van der Waals surface area contributed by atoms with E-state index in [-0.39, 0.29) is 24.8 Å². The van der Waals surface area contributed by atoms with E-state index in [1.165, 1.54) is 12.3 Å². The number of nitrogens with one attached hydrogen (secondary N) is 1. The molecule has 6 heteroatoms. The van der Waals surface area contributed by atoms with Gasteiger partial charge in [0.1, 0.15) is 18.6 Å². The largest absolute Gasteiger partial charge is 0.491 e. The summed E-state index contributed by atoms with van der Waals surface area (Å²) in [5.74, 6) is 0.322. The minimum atomic E-state index is -0.314. The van der Waals surface area contributed by atoms with Gasteiger partial charge in [-0.1, -0.05) is 23.4 Å². The Balaban J connectivity index is 1.97. The molecule has 0 bridgehead atoms. The van der Waals surface area contributed by atoms with Crippen molar-refractivity contribution in [1.29, 1.82) is 0 Å². The van der Waals surface area contributed by atoms with Crippen molar-refractivity contribution in [2.45, 2.75) is 6.54 Å². The maximum absolute atomic E-state index is 11.7. The lowest BCUT2D eigenvalue weighted by atomic mass is 10.2. The second-order valence-corrected chi connectivity index (χ2v) is 3.75. The average molecular weight is 262 g/mol. The van der Waals surface area contributed by atoms with Crippen LogP contribution in [-0.4, -0.2) is 29.4 Å². The van der Waals surface area contributed by atoms with Crippen molar-refractivity contribution in [1.82, 2.24) is 10.5 Å². The number of nitrogens with zero attached hydrogens (tertiary/aromatic N) is 1. The molecule has 0 aliphatic carbocycles. The molecule has 0 saturated heterocycles. The number of carbonyl (C=O) groups is 1. The third kappa shape index (κ3) is 3.56. The first-order valence-electron chi connectivity index (χ1n) is 5.81. The maximum atomic E-state index is 11.7. The summed E-state index contributed by atoms with van der Waals surface area (Å²) >= 11 is 0. The standard InChI is InChI=1S/C13H14N2O4/c16-6-8-18-12-4-2-1-3-10(12)9-14-13(17)11-5-7-19-15-11/h1-5,7,16H,6,8-9H2,(H,14,17). The molecule has 0 unspecified atom stereocenters. The van der Waals surface area contributed by atoms with E-state index in [4.69, 9.17) is 9.84 Å². The van der Waals surface area contributed by atoms with Crippen LogP contribution in [0.15, 0.2) is 41.1 Å². The predicted octanol–water partition coefficient (Wildman–Crippen LogP) is 0.976. The molecule has 100 valence electrons. The monoisotopic (exact) mass is 262 g/mol. The summed E-state index contributed by atoms with van der Waals surface area (Å²) in [6.45, 7) is 0.473. The van der Waals surface area contributed by atoms with Gasteiger partial charge in [-0.25, -0.2) is 0 Å². The van der Waals surface area contributed by atoms with Gasteiger partial charge >= 0.3 is 0 Å². The number of aliphatic hydroxyl groups excluding tert-OH is 1. The van der Waals surface area contributed by atoms with Crippen LogP contribution in [0.3, 0.4) is 0 Å². The minimum Gasteiger partial charge on any atom is -0.491 e. The van der Waals surface area contributed by atoms with Crippen LogP contribution in [0.25, 0.3) is 0 Å². The molecule has 0 atom stereocenters. The molecule has 0 fully saturated rings. The number of ether oxygens (including phenoxy) is 1.